The van der Waals surface area contributed by atoms with Crippen LogP contribution in [0.1, 0.15) is 49.4 Å². The second-order valence-corrected chi connectivity index (χ2v) is 8.86. The Hall–Kier alpha value is -3.75. The maximum Gasteiger partial charge on any atom is 0.411 e. The Kier molecular flexibility index (Phi) is 5.41. The molecule has 2 aliphatic rings. The smallest absolute Gasteiger partial charge is 0.411 e. The van der Waals surface area contributed by atoms with Crippen molar-refractivity contribution in [1.29, 1.82) is 0 Å². The molecule has 0 saturated carbocycles. The summed E-state index contributed by atoms with van der Waals surface area (Å²) < 4.78 is 6.94. The average Bonchev–Trinajstić information content (AvgIpc) is 2.99. The van der Waals surface area contributed by atoms with Gasteiger partial charge in [0, 0.05) is 11.9 Å². The van der Waals surface area contributed by atoms with Gasteiger partial charge in [0.15, 0.2) is 5.78 Å². The number of aromatic nitrogens is 1. The number of fused-ring (bicyclic) bond motifs is 1. The number of hydrogen-bond donors (Lipinski definition) is 3. The Morgan fingerprint density at radius 1 is 1.25 bits per heavy atom. The van der Waals surface area contributed by atoms with E-state index in [0.29, 0.717) is 22.6 Å². The molecule has 3 heterocycles. The number of para-hydroxylation sites is 1. The minimum atomic E-state index is -0.664. The number of aliphatic imine (C=N–C) groups is 1. The zero-order chi connectivity index (χ0) is 23.0. The first kappa shape index (κ1) is 21.5. The van der Waals surface area contributed by atoms with Gasteiger partial charge >= 0.3 is 6.09 Å². The van der Waals surface area contributed by atoms with Crippen molar-refractivity contribution in [3.05, 3.63) is 53.4 Å². The number of anilines is 2. The monoisotopic (exact) mass is 436 g/mol. The topological polar surface area (TPSA) is 114 Å². The lowest BCUT2D eigenvalue weighted by molar-refractivity contribution is 0.0216. The summed E-state index contributed by atoms with van der Waals surface area (Å²) in [6.07, 6.45) is 2.84. The van der Waals surface area contributed by atoms with Crippen LogP contribution >= 0.6 is 0 Å². The third kappa shape index (κ3) is 4.18. The molecule has 9 nitrogen and oxygen atoms in total. The lowest BCUT2D eigenvalue weighted by Gasteiger charge is -2.29. The molecule has 1 aromatic heterocycles. The predicted octanol–water partition coefficient (Wildman–Crippen LogP) is 3.24. The largest absolute Gasteiger partial charge is 0.444 e. The zero-order valence-electron chi connectivity index (χ0n) is 18.7. The number of nitrogens with zero attached hydrogens (tertiary/aromatic N) is 3. The fourth-order valence-corrected chi connectivity index (χ4v) is 3.80. The van der Waals surface area contributed by atoms with Crippen LogP contribution < -0.4 is 16.5 Å². The van der Waals surface area contributed by atoms with Crippen LogP contribution in [0.4, 0.5) is 16.2 Å². The molecule has 9 heteroatoms. The Morgan fingerprint density at radius 3 is 2.62 bits per heavy atom. The molecule has 0 fully saturated rings. The van der Waals surface area contributed by atoms with E-state index in [4.69, 9.17) is 10.6 Å². The van der Waals surface area contributed by atoms with Gasteiger partial charge in [0.2, 0.25) is 0 Å². The van der Waals surface area contributed by atoms with Crippen LogP contribution in [-0.4, -0.2) is 46.0 Å². The standard InChI is InChI=1S/C23H28N6O3/c1-14-25-11-10-16(26-14)21-20(27-15-8-6-5-7-9-15)19-17(29(21)24)12-28(13-18(19)30)22(31)32-23(2,3)4/h5-11,14,26-27H,12-13,24H2,1-4H3. The molecule has 1 aromatic carbocycles. The maximum absolute atomic E-state index is 13.3. The molecule has 0 bridgehead atoms. The number of Topliss-reactive ketones (excluding diaryl/α,β-unsaturated/α-hetero) is 1. The van der Waals surface area contributed by atoms with Crippen molar-refractivity contribution in [3.8, 4) is 0 Å². The molecule has 0 saturated heterocycles. The molecule has 2 aromatic rings. The van der Waals surface area contributed by atoms with E-state index in [1.807, 2.05) is 43.3 Å². The van der Waals surface area contributed by atoms with Crippen molar-refractivity contribution in [1.82, 2.24) is 14.9 Å². The summed E-state index contributed by atoms with van der Waals surface area (Å²) in [5.41, 5.74) is 3.13. The molecule has 32 heavy (non-hydrogen) atoms. The quantitative estimate of drug-likeness (QED) is 0.637. The lowest BCUT2D eigenvalue weighted by Crippen LogP contribution is -2.43. The summed E-state index contributed by atoms with van der Waals surface area (Å²) in [7, 11) is 0. The molecule has 4 N–H and O–H groups in total. The number of amides is 1. The van der Waals surface area contributed by atoms with E-state index in [9.17, 15) is 9.59 Å². The first-order valence-electron chi connectivity index (χ1n) is 10.5. The highest BCUT2D eigenvalue weighted by molar-refractivity contribution is 6.09. The average molecular weight is 437 g/mol. The van der Waals surface area contributed by atoms with Crippen LogP contribution in [0.3, 0.4) is 0 Å². The number of ketones is 1. The second kappa shape index (κ2) is 8.07. The van der Waals surface area contributed by atoms with Gasteiger partial charge in [0.25, 0.3) is 0 Å². The highest BCUT2D eigenvalue weighted by Gasteiger charge is 2.37. The number of ether oxygens (including phenoxy) is 1. The number of nitrogen functional groups attached to an aromatic ring is 1. The molecule has 1 amide bonds. The SMILES string of the molecule is CC1N=CC=C(c2c(Nc3ccccc3)c3c(n2N)CN(C(=O)OC(C)(C)C)CC3=O)N1. The van der Waals surface area contributed by atoms with E-state index >= 15 is 0 Å². The Bertz CT molecular complexity index is 1110. The van der Waals surface area contributed by atoms with Crippen molar-refractivity contribution >= 4 is 35.2 Å². The molecule has 0 radical (unpaired) electrons. The van der Waals surface area contributed by atoms with Crippen LogP contribution in [0.15, 0.2) is 41.4 Å². The number of rotatable bonds is 3. The Labute approximate surface area is 186 Å². The van der Waals surface area contributed by atoms with Crippen molar-refractivity contribution in [2.75, 3.05) is 17.7 Å². The van der Waals surface area contributed by atoms with Crippen LogP contribution in [-0.2, 0) is 11.3 Å². The van der Waals surface area contributed by atoms with E-state index in [0.717, 1.165) is 11.4 Å². The van der Waals surface area contributed by atoms with E-state index in [-0.39, 0.29) is 25.0 Å². The number of hydrogen-bond acceptors (Lipinski definition) is 7. The highest BCUT2D eigenvalue weighted by atomic mass is 16.6. The minimum absolute atomic E-state index is 0.0842. The van der Waals surface area contributed by atoms with Gasteiger partial charge in [0.1, 0.15) is 17.5 Å². The number of carbonyl (C=O) groups excluding carboxylic acids is 2. The molecule has 4 rings (SSSR count). The van der Waals surface area contributed by atoms with Gasteiger partial charge in [-0.05, 0) is 45.9 Å². The summed E-state index contributed by atoms with van der Waals surface area (Å²) in [6.45, 7) is 7.37. The summed E-state index contributed by atoms with van der Waals surface area (Å²) in [4.78, 5) is 31.6. The van der Waals surface area contributed by atoms with Gasteiger partial charge in [-0.1, -0.05) is 18.2 Å². The summed E-state index contributed by atoms with van der Waals surface area (Å²) in [6, 6.07) is 9.57. The van der Waals surface area contributed by atoms with Crippen molar-refractivity contribution in [2.45, 2.75) is 46.0 Å². The molecule has 2 aliphatic heterocycles. The fraction of sp³-hybridized carbons (Fsp3) is 0.348. The van der Waals surface area contributed by atoms with Crippen LogP contribution in [0.5, 0.6) is 0 Å². The number of allylic oxidation sites excluding steroid dienone is 1. The highest BCUT2D eigenvalue weighted by Crippen LogP contribution is 2.37. The molecular weight excluding hydrogens is 408 g/mol. The minimum Gasteiger partial charge on any atom is -0.444 e. The van der Waals surface area contributed by atoms with Gasteiger partial charge in [-0.25, -0.2) is 4.79 Å². The van der Waals surface area contributed by atoms with E-state index in [2.05, 4.69) is 15.6 Å². The van der Waals surface area contributed by atoms with Gasteiger partial charge in [-0.2, -0.15) is 0 Å². The number of carbonyl (C=O) groups is 2. The predicted molar refractivity (Wildman–Crippen MR) is 124 cm³/mol. The molecule has 168 valence electrons. The summed E-state index contributed by atoms with van der Waals surface area (Å²) in [5.74, 6) is 6.32. The maximum atomic E-state index is 13.3. The molecule has 1 unspecified atom stereocenters. The number of nitrogens with two attached hydrogens (primary N) is 1. The molecular formula is C23H28N6O3. The second-order valence-electron chi connectivity index (χ2n) is 8.86. The van der Waals surface area contributed by atoms with E-state index < -0.39 is 11.7 Å². The summed E-state index contributed by atoms with van der Waals surface area (Å²) >= 11 is 0. The molecule has 0 aliphatic carbocycles. The number of nitrogens with one attached hydrogen (secondary N) is 2. The Morgan fingerprint density at radius 2 is 1.97 bits per heavy atom. The normalized spacial score (nSPS) is 18.0. The third-order valence-electron chi connectivity index (χ3n) is 5.13. The van der Waals surface area contributed by atoms with Crippen LogP contribution in [0.25, 0.3) is 5.70 Å². The lowest BCUT2D eigenvalue weighted by atomic mass is 10.0. The van der Waals surface area contributed by atoms with Crippen LogP contribution in [0, 0.1) is 0 Å². The van der Waals surface area contributed by atoms with Gasteiger partial charge in [0.05, 0.1) is 35.7 Å². The molecule has 1 atom stereocenters. The fourth-order valence-electron chi connectivity index (χ4n) is 3.80. The van der Waals surface area contributed by atoms with E-state index in [1.54, 1.807) is 27.0 Å². The van der Waals surface area contributed by atoms with Gasteiger partial charge in [-0.3, -0.25) is 19.4 Å². The third-order valence-corrected chi connectivity index (χ3v) is 5.13. The Balaban J connectivity index is 1.79. The van der Waals surface area contributed by atoms with E-state index in [1.165, 1.54) is 9.58 Å². The number of benzene rings is 1. The van der Waals surface area contributed by atoms with Gasteiger partial charge < -0.3 is 21.2 Å². The van der Waals surface area contributed by atoms with Crippen molar-refractivity contribution in [2.24, 2.45) is 4.99 Å². The van der Waals surface area contributed by atoms with Crippen molar-refractivity contribution in [3.63, 3.8) is 0 Å². The first-order valence-corrected chi connectivity index (χ1v) is 10.5. The molecule has 0 spiro atoms. The van der Waals surface area contributed by atoms with Crippen LogP contribution in [0.2, 0.25) is 0 Å². The zero-order valence-corrected chi connectivity index (χ0v) is 18.7. The summed E-state index contributed by atoms with van der Waals surface area (Å²) in [5, 5.41) is 6.66. The van der Waals surface area contributed by atoms with Gasteiger partial charge in [-0.15, -0.1) is 0 Å². The first-order chi connectivity index (χ1) is 15.1. The van der Waals surface area contributed by atoms with Crippen molar-refractivity contribution < 1.29 is 14.3 Å².